The van der Waals surface area contributed by atoms with Crippen molar-refractivity contribution in [2.24, 2.45) is 0 Å². The molecule has 0 aliphatic rings. The second-order valence-electron chi connectivity index (χ2n) is 12.0. The largest absolute Gasteiger partial charge is 0.455 e. The molecular formula is C44H26O2. The molecule has 0 N–H and O–H groups in total. The Hall–Kier alpha value is -6.12. The molecule has 0 amide bonds. The Labute approximate surface area is 265 Å². The maximum atomic E-state index is 6.58. The van der Waals surface area contributed by atoms with Crippen molar-refractivity contribution in [2.75, 3.05) is 0 Å². The monoisotopic (exact) mass is 586 g/mol. The number of benzene rings is 8. The summed E-state index contributed by atoms with van der Waals surface area (Å²) < 4.78 is 13.2. The van der Waals surface area contributed by atoms with Gasteiger partial charge in [-0.05, 0) is 55.6 Å². The summed E-state index contributed by atoms with van der Waals surface area (Å²) in [4.78, 5) is 0. The van der Waals surface area contributed by atoms with Crippen LogP contribution in [0, 0.1) is 0 Å². The molecule has 0 bridgehead atoms. The fourth-order valence-corrected chi connectivity index (χ4v) is 7.45. The van der Waals surface area contributed by atoms with Crippen molar-refractivity contribution < 1.29 is 8.83 Å². The molecule has 0 atom stereocenters. The molecule has 0 aliphatic carbocycles. The Bertz CT molecular complexity index is 2540. The van der Waals surface area contributed by atoms with Gasteiger partial charge in [0.05, 0.1) is 0 Å². The van der Waals surface area contributed by atoms with Crippen LogP contribution in [-0.4, -0.2) is 0 Å². The summed E-state index contributed by atoms with van der Waals surface area (Å²) in [6.07, 6.45) is 0. The molecule has 46 heavy (non-hydrogen) atoms. The van der Waals surface area contributed by atoms with E-state index in [2.05, 4.69) is 133 Å². The summed E-state index contributed by atoms with van der Waals surface area (Å²) >= 11 is 0. The van der Waals surface area contributed by atoms with Crippen LogP contribution in [-0.2, 0) is 0 Å². The SMILES string of the molecule is c1ccc(-c2oc3ccccc3c2-c2ccc3ccc4c(-c5c(-c6ccccc6)oc6ccccc56)ccc5ccc2c3c54)cc1. The third-order valence-electron chi connectivity index (χ3n) is 9.47. The van der Waals surface area contributed by atoms with Gasteiger partial charge in [0.25, 0.3) is 0 Å². The Kier molecular flexibility index (Phi) is 5.31. The summed E-state index contributed by atoms with van der Waals surface area (Å²) in [5, 5.41) is 9.67. The van der Waals surface area contributed by atoms with Crippen LogP contribution in [0.15, 0.2) is 167 Å². The van der Waals surface area contributed by atoms with Crippen molar-refractivity contribution in [3.63, 3.8) is 0 Å². The third kappa shape index (κ3) is 3.59. The molecule has 0 fully saturated rings. The van der Waals surface area contributed by atoms with Gasteiger partial charge < -0.3 is 8.83 Å². The van der Waals surface area contributed by atoms with Crippen LogP contribution in [0.25, 0.3) is 99.2 Å². The molecule has 2 nitrogen and oxygen atoms in total. The number of hydrogen-bond acceptors (Lipinski definition) is 2. The molecule has 2 heteroatoms. The van der Waals surface area contributed by atoms with Crippen molar-refractivity contribution in [2.45, 2.75) is 0 Å². The first-order valence-corrected chi connectivity index (χ1v) is 15.7. The highest BCUT2D eigenvalue weighted by Crippen LogP contribution is 2.49. The summed E-state index contributed by atoms with van der Waals surface area (Å²) in [5.74, 6) is 1.80. The van der Waals surface area contributed by atoms with E-state index in [4.69, 9.17) is 8.83 Å². The molecule has 0 aliphatic heterocycles. The molecule has 0 spiro atoms. The van der Waals surface area contributed by atoms with E-state index in [9.17, 15) is 0 Å². The van der Waals surface area contributed by atoms with Gasteiger partial charge in [-0.1, -0.05) is 146 Å². The van der Waals surface area contributed by atoms with E-state index >= 15 is 0 Å². The number of furan rings is 2. The molecule has 0 unspecified atom stereocenters. The van der Waals surface area contributed by atoms with Crippen molar-refractivity contribution in [1.29, 1.82) is 0 Å². The Morgan fingerprint density at radius 1 is 0.304 bits per heavy atom. The zero-order valence-corrected chi connectivity index (χ0v) is 24.8. The molecule has 0 saturated heterocycles. The van der Waals surface area contributed by atoms with Gasteiger partial charge in [-0.3, -0.25) is 0 Å². The molecule has 10 rings (SSSR count). The molecule has 214 valence electrons. The Balaban J connectivity index is 1.30. The van der Waals surface area contributed by atoms with Gasteiger partial charge in [-0.2, -0.15) is 0 Å². The predicted octanol–water partition coefficient (Wildman–Crippen LogP) is 12.7. The minimum absolute atomic E-state index is 0.893. The Morgan fingerprint density at radius 3 is 1.15 bits per heavy atom. The van der Waals surface area contributed by atoms with E-state index in [0.29, 0.717) is 0 Å². The van der Waals surface area contributed by atoms with E-state index in [1.54, 1.807) is 0 Å². The summed E-state index contributed by atoms with van der Waals surface area (Å²) in [6.45, 7) is 0. The van der Waals surface area contributed by atoms with Gasteiger partial charge in [0.2, 0.25) is 0 Å². The van der Waals surface area contributed by atoms with Crippen LogP contribution in [0.5, 0.6) is 0 Å². The minimum atomic E-state index is 0.893. The number of fused-ring (bicyclic) bond motifs is 2. The normalized spacial score (nSPS) is 11.9. The van der Waals surface area contributed by atoms with Gasteiger partial charge in [0, 0.05) is 33.0 Å². The lowest BCUT2D eigenvalue weighted by molar-refractivity contribution is 0.632. The fraction of sp³-hybridized carbons (Fsp3) is 0. The molecule has 2 aromatic heterocycles. The maximum absolute atomic E-state index is 6.58. The highest BCUT2D eigenvalue weighted by molar-refractivity contribution is 6.29. The lowest BCUT2D eigenvalue weighted by Gasteiger charge is -2.17. The van der Waals surface area contributed by atoms with Crippen molar-refractivity contribution >= 4 is 54.3 Å². The molecule has 0 saturated carbocycles. The molecule has 8 aromatic carbocycles. The van der Waals surface area contributed by atoms with Gasteiger partial charge in [0.1, 0.15) is 22.7 Å². The first-order chi connectivity index (χ1) is 22.8. The number of rotatable bonds is 4. The standard InChI is InChI=1S/C44H26O2/c1-3-11-29(12-4-1)43-41(35-15-7-9-17-37(35)45-43)33-25-21-27-20-24-32-34(26-22-28-19-23-31(33)39(27)40(28)32)42-36-16-8-10-18-38(36)46-44(42)30-13-5-2-6-14-30/h1-26H. The van der Waals surface area contributed by atoms with E-state index < -0.39 is 0 Å². The molecular weight excluding hydrogens is 560 g/mol. The van der Waals surface area contributed by atoms with Crippen molar-refractivity contribution in [1.82, 2.24) is 0 Å². The van der Waals surface area contributed by atoms with Crippen LogP contribution in [0.4, 0.5) is 0 Å². The summed E-state index contributed by atoms with van der Waals surface area (Å²) in [7, 11) is 0. The van der Waals surface area contributed by atoms with Gasteiger partial charge >= 0.3 is 0 Å². The van der Waals surface area contributed by atoms with E-state index in [-0.39, 0.29) is 0 Å². The highest BCUT2D eigenvalue weighted by atomic mass is 16.3. The average molecular weight is 587 g/mol. The van der Waals surface area contributed by atoms with Crippen LogP contribution < -0.4 is 0 Å². The van der Waals surface area contributed by atoms with Gasteiger partial charge in [-0.25, -0.2) is 0 Å². The average Bonchev–Trinajstić information content (AvgIpc) is 3.71. The van der Waals surface area contributed by atoms with Crippen LogP contribution in [0.3, 0.4) is 0 Å². The van der Waals surface area contributed by atoms with E-state index in [1.807, 2.05) is 24.3 Å². The van der Waals surface area contributed by atoms with Crippen molar-refractivity contribution in [3.05, 3.63) is 158 Å². The smallest absolute Gasteiger partial charge is 0.143 e. The second-order valence-corrected chi connectivity index (χ2v) is 12.0. The zero-order chi connectivity index (χ0) is 30.2. The number of hydrogen-bond donors (Lipinski definition) is 0. The van der Waals surface area contributed by atoms with Crippen molar-refractivity contribution in [3.8, 4) is 44.9 Å². The minimum Gasteiger partial charge on any atom is -0.455 e. The first-order valence-electron chi connectivity index (χ1n) is 15.7. The Morgan fingerprint density at radius 2 is 0.696 bits per heavy atom. The highest BCUT2D eigenvalue weighted by Gasteiger charge is 2.23. The second kappa shape index (κ2) is 9.69. The summed E-state index contributed by atoms with van der Waals surface area (Å²) in [6, 6.07) is 55.8. The van der Waals surface area contributed by atoms with E-state index in [0.717, 1.165) is 55.7 Å². The number of para-hydroxylation sites is 2. The van der Waals surface area contributed by atoms with Crippen LogP contribution >= 0.6 is 0 Å². The predicted molar refractivity (Wildman–Crippen MR) is 191 cm³/mol. The first kappa shape index (κ1) is 25.2. The quantitative estimate of drug-likeness (QED) is 0.192. The van der Waals surface area contributed by atoms with Crippen LogP contribution in [0.1, 0.15) is 0 Å². The zero-order valence-electron chi connectivity index (χ0n) is 24.8. The molecule has 2 heterocycles. The fourth-order valence-electron chi connectivity index (χ4n) is 7.45. The maximum Gasteiger partial charge on any atom is 0.143 e. The third-order valence-corrected chi connectivity index (χ3v) is 9.47. The van der Waals surface area contributed by atoms with Crippen LogP contribution in [0.2, 0.25) is 0 Å². The van der Waals surface area contributed by atoms with E-state index in [1.165, 1.54) is 43.4 Å². The van der Waals surface area contributed by atoms with Gasteiger partial charge in [-0.15, -0.1) is 0 Å². The van der Waals surface area contributed by atoms with Gasteiger partial charge in [0.15, 0.2) is 0 Å². The summed E-state index contributed by atoms with van der Waals surface area (Å²) in [5.41, 5.74) is 8.54. The molecule has 10 aromatic rings. The lowest BCUT2D eigenvalue weighted by Crippen LogP contribution is -1.90. The topological polar surface area (TPSA) is 26.3 Å². The lowest BCUT2D eigenvalue weighted by atomic mass is 9.85. The molecule has 0 radical (unpaired) electrons.